The van der Waals surface area contributed by atoms with E-state index in [0.29, 0.717) is 0 Å². The lowest BCUT2D eigenvalue weighted by Gasteiger charge is -2.45. The quantitative estimate of drug-likeness (QED) is 0.822. The number of primary amides is 1. The monoisotopic (exact) mass is 374 g/mol. The van der Waals surface area contributed by atoms with E-state index in [1.165, 1.54) is 6.42 Å². The van der Waals surface area contributed by atoms with Gasteiger partial charge >= 0.3 is 6.09 Å². The molecular weight excluding hydrogens is 355 g/mol. The molecule has 0 aromatic carbocycles. The van der Waals surface area contributed by atoms with Crippen LogP contribution in [0.5, 0.6) is 0 Å². The van der Waals surface area contributed by atoms with E-state index >= 15 is 0 Å². The molecule has 1 aliphatic rings. The minimum Gasteiger partial charge on any atom is -0.444 e. The molecule has 0 radical (unpaired) electrons. The number of nitrogens with zero attached hydrogens (tertiary/aromatic N) is 1. The van der Waals surface area contributed by atoms with Gasteiger partial charge in [0.15, 0.2) is 0 Å². The van der Waals surface area contributed by atoms with Crippen molar-refractivity contribution in [3.05, 3.63) is 27.6 Å². The zero-order chi connectivity index (χ0) is 14.1. The Balaban J connectivity index is 2.19. The second-order valence-corrected chi connectivity index (χ2v) is 7.10. The van der Waals surface area contributed by atoms with E-state index in [1.54, 1.807) is 0 Å². The number of aromatic nitrogens is 1. The average molecular weight is 374 g/mol. The molecule has 0 aliphatic heterocycles. The highest BCUT2D eigenvalue weighted by Crippen LogP contribution is 2.48. The summed E-state index contributed by atoms with van der Waals surface area (Å²) in [6.07, 6.45) is 5.31. The highest BCUT2D eigenvalue weighted by Gasteiger charge is 2.45. The fourth-order valence-corrected chi connectivity index (χ4v) is 3.26. The number of hydrogen-bond acceptors (Lipinski definition) is 3. The molecule has 5 heteroatoms. The van der Waals surface area contributed by atoms with Gasteiger partial charge in [0.2, 0.25) is 0 Å². The summed E-state index contributed by atoms with van der Waals surface area (Å²) >= 11 is 2.25. The lowest BCUT2D eigenvalue weighted by molar-refractivity contribution is 0.00406. The zero-order valence-electron chi connectivity index (χ0n) is 11.3. The first-order valence-corrected chi connectivity index (χ1v) is 7.51. The molecule has 0 saturated heterocycles. The minimum atomic E-state index is -0.713. The van der Waals surface area contributed by atoms with Crippen LogP contribution in [0.4, 0.5) is 4.79 Å². The largest absolute Gasteiger partial charge is 0.444 e. The summed E-state index contributed by atoms with van der Waals surface area (Å²) in [6, 6.07) is 4.16. The van der Waals surface area contributed by atoms with E-state index in [4.69, 9.17) is 10.5 Å². The predicted molar refractivity (Wildman–Crippen MR) is 81.8 cm³/mol. The summed E-state index contributed by atoms with van der Waals surface area (Å²) in [5, 5.41) is 0. The van der Waals surface area contributed by atoms with Gasteiger partial charge in [0.25, 0.3) is 0 Å². The molecular formula is C14H19IN2O2. The first-order valence-electron chi connectivity index (χ1n) is 6.44. The number of halogens is 1. The van der Waals surface area contributed by atoms with Crippen molar-refractivity contribution >= 4 is 28.7 Å². The van der Waals surface area contributed by atoms with Crippen molar-refractivity contribution < 1.29 is 9.53 Å². The summed E-state index contributed by atoms with van der Waals surface area (Å²) in [7, 11) is 0. The van der Waals surface area contributed by atoms with E-state index in [0.717, 1.165) is 28.5 Å². The van der Waals surface area contributed by atoms with Gasteiger partial charge in [-0.3, -0.25) is 4.98 Å². The number of nitrogens with two attached hydrogens (primary N) is 1. The number of amides is 1. The standard InChI is InChI=1S/C14H19IN2O2/c1-13(2,19-12(16)18)9-14(6-3-7-14)11-5-4-10(15)8-17-11/h4-5,8H,3,6-7,9H2,1-2H3,(H2,16,18). The Labute approximate surface area is 127 Å². The second kappa shape index (κ2) is 5.26. The van der Waals surface area contributed by atoms with Gasteiger partial charge in [-0.25, -0.2) is 4.79 Å². The van der Waals surface area contributed by atoms with E-state index in [1.807, 2.05) is 20.0 Å². The Bertz CT molecular complexity index is 467. The van der Waals surface area contributed by atoms with Crippen LogP contribution in [0.1, 0.15) is 45.2 Å². The van der Waals surface area contributed by atoms with Crippen LogP contribution in [0.2, 0.25) is 0 Å². The van der Waals surface area contributed by atoms with Crippen LogP contribution >= 0.6 is 22.6 Å². The Kier molecular flexibility index (Phi) is 4.03. The lowest BCUT2D eigenvalue weighted by atomic mass is 9.61. The van der Waals surface area contributed by atoms with Crippen molar-refractivity contribution in [2.45, 2.75) is 50.5 Å². The molecule has 1 aromatic heterocycles. The SMILES string of the molecule is CC(C)(CC1(c2ccc(I)cn2)CCC1)OC(N)=O. The Hall–Kier alpha value is -0.850. The van der Waals surface area contributed by atoms with Crippen molar-refractivity contribution in [2.75, 3.05) is 0 Å². The first-order chi connectivity index (χ1) is 8.83. The third kappa shape index (κ3) is 3.38. The van der Waals surface area contributed by atoms with Crippen LogP contribution in [0.3, 0.4) is 0 Å². The summed E-state index contributed by atoms with van der Waals surface area (Å²) in [6.45, 7) is 3.81. The molecule has 1 saturated carbocycles. The molecule has 1 heterocycles. The molecule has 1 aliphatic carbocycles. The van der Waals surface area contributed by atoms with E-state index < -0.39 is 11.7 Å². The minimum absolute atomic E-state index is 0.0310. The molecule has 0 bridgehead atoms. The van der Waals surface area contributed by atoms with Crippen LogP contribution in [0.25, 0.3) is 0 Å². The number of ether oxygens (including phenoxy) is 1. The van der Waals surface area contributed by atoms with Crippen LogP contribution in [0.15, 0.2) is 18.3 Å². The normalized spacial score (nSPS) is 17.6. The summed E-state index contributed by atoms with van der Waals surface area (Å²) in [5.74, 6) is 0. The predicted octanol–water partition coefficient (Wildman–Crippen LogP) is 3.37. The van der Waals surface area contributed by atoms with Crippen LogP contribution in [0, 0.1) is 3.57 Å². The number of pyridine rings is 1. The maximum atomic E-state index is 11.0. The maximum Gasteiger partial charge on any atom is 0.405 e. The zero-order valence-corrected chi connectivity index (χ0v) is 13.4. The van der Waals surface area contributed by atoms with Gasteiger partial charge in [-0.2, -0.15) is 0 Å². The van der Waals surface area contributed by atoms with Crippen molar-refractivity contribution in [3.8, 4) is 0 Å². The van der Waals surface area contributed by atoms with Gasteiger partial charge in [-0.15, -0.1) is 0 Å². The Morgan fingerprint density at radius 1 is 1.53 bits per heavy atom. The van der Waals surface area contributed by atoms with Crippen LogP contribution in [-0.4, -0.2) is 16.7 Å². The molecule has 0 spiro atoms. The van der Waals surface area contributed by atoms with E-state index in [9.17, 15) is 4.79 Å². The maximum absolute atomic E-state index is 11.0. The molecule has 4 nitrogen and oxygen atoms in total. The van der Waals surface area contributed by atoms with Crippen LogP contribution in [-0.2, 0) is 10.2 Å². The molecule has 19 heavy (non-hydrogen) atoms. The van der Waals surface area contributed by atoms with Crippen molar-refractivity contribution in [2.24, 2.45) is 5.73 Å². The van der Waals surface area contributed by atoms with Crippen LogP contribution < -0.4 is 5.73 Å². The fraction of sp³-hybridized carbons (Fsp3) is 0.571. The number of carbonyl (C=O) groups is 1. The number of carbonyl (C=O) groups excluding carboxylic acids is 1. The van der Waals surface area contributed by atoms with Gasteiger partial charge in [0.1, 0.15) is 5.60 Å². The fourth-order valence-electron chi connectivity index (χ4n) is 2.94. The lowest BCUT2D eigenvalue weighted by Crippen LogP contribution is -2.44. The van der Waals surface area contributed by atoms with E-state index in [2.05, 4.69) is 39.7 Å². The average Bonchev–Trinajstić information content (AvgIpc) is 2.23. The van der Waals surface area contributed by atoms with Gasteiger partial charge in [-0.1, -0.05) is 6.42 Å². The van der Waals surface area contributed by atoms with Gasteiger partial charge in [0, 0.05) is 20.9 Å². The molecule has 0 atom stereocenters. The first kappa shape index (κ1) is 14.6. The second-order valence-electron chi connectivity index (χ2n) is 5.85. The summed E-state index contributed by atoms with van der Waals surface area (Å²) in [5.41, 5.74) is 5.71. The topological polar surface area (TPSA) is 65.2 Å². The Morgan fingerprint density at radius 3 is 2.63 bits per heavy atom. The molecule has 104 valence electrons. The third-order valence-electron chi connectivity index (χ3n) is 3.72. The highest BCUT2D eigenvalue weighted by molar-refractivity contribution is 14.1. The third-order valence-corrected chi connectivity index (χ3v) is 4.36. The molecule has 2 N–H and O–H groups in total. The number of rotatable bonds is 4. The highest BCUT2D eigenvalue weighted by atomic mass is 127. The Morgan fingerprint density at radius 2 is 2.21 bits per heavy atom. The van der Waals surface area contributed by atoms with Crippen molar-refractivity contribution in [3.63, 3.8) is 0 Å². The van der Waals surface area contributed by atoms with Gasteiger partial charge in [-0.05, 0) is 67.8 Å². The van der Waals surface area contributed by atoms with Gasteiger partial charge in [0.05, 0.1) is 0 Å². The smallest absolute Gasteiger partial charge is 0.405 e. The van der Waals surface area contributed by atoms with Gasteiger partial charge < -0.3 is 10.5 Å². The molecule has 0 unspecified atom stereocenters. The molecule has 2 rings (SSSR count). The van der Waals surface area contributed by atoms with Crippen molar-refractivity contribution in [1.29, 1.82) is 0 Å². The molecule has 1 amide bonds. The molecule has 1 fully saturated rings. The number of hydrogen-bond donors (Lipinski definition) is 1. The summed E-state index contributed by atoms with van der Waals surface area (Å²) in [4.78, 5) is 15.5. The summed E-state index contributed by atoms with van der Waals surface area (Å²) < 4.78 is 6.35. The van der Waals surface area contributed by atoms with Crippen molar-refractivity contribution in [1.82, 2.24) is 4.98 Å². The van der Waals surface area contributed by atoms with E-state index in [-0.39, 0.29) is 5.41 Å². The molecule has 1 aromatic rings.